The number of benzene rings is 1. The maximum absolute atomic E-state index is 13.6. The van der Waals surface area contributed by atoms with Gasteiger partial charge in [0.05, 0.1) is 0 Å². The third-order valence-corrected chi connectivity index (χ3v) is 5.36. The van der Waals surface area contributed by atoms with Crippen molar-refractivity contribution in [1.29, 1.82) is 0 Å². The molecule has 1 aromatic carbocycles. The molecule has 1 aromatic heterocycles. The van der Waals surface area contributed by atoms with E-state index < -0.39 is 0 Å². The first kappa shape index (κ1) is 18.4. The minimum Gasteiger partial charge on any atom is -0.356 e. The number of aromatic nitrogens is 1. The molecule has 1 fully saturated rings. The van der Waals surface area contributed by atoms with Crippen LogP contribution in [0.4, 0.5) is 4.39 Å². The van der Waals surface area contributed by atoms with Crippen LogP contribution in [0.25, 0.3) is 10.9 Å². The van der Waals surface area contributed by atoms with E-state index in [1.807, 2.05) is 23.4 Å². The highest BCUT2D eigenvalue weighted by Crippen LogP contribution is 2.29. The molecule has 5 nitrogen and oxygen atoms in total. The summed E-state index contributed by atoms with van der Waals surface area (Å²) in [5, 5.41) is 3.60. The molecule has 0 spiro atoms. The van der Waals surface area contributed by atoms with Gasteiger partial charge in [-0.2, -0.15) is 0 Å². The van der Waals surface area contributed by atoms with E-state index in [1.54, 1.807) is 6.07 Å². The van der Waals surface area contributed by atoms with Crippen LogP contribution in [0.3, 0.4) is 0 Å². The Morgan fingerprint density at radius 2 is 2.08 bits per heavy atom. The third kappa shape index (κ3) is 3.45. The van der Waals surface area contributed by atoms with E-state index in [-0.39, 0.29) is 23.7 Å². The molecule has 6 heteroatoms. The Morgan fingerprint density at radius 1 is 1.31 bits per heavy atom. The van der Waals surface area contributed by atoms with Gasteiger partial charge in [-0.3, -0.25) is 9.59 Å². The Morgan fingerprint density at radius 3 is 2.81 bits per heavy atom. The fraction of sp³-hybridized carbons (Fsp3) is 0.500. The van der Waals surface area contributed by atoms with Crippen LogP contribution in [0.1, 0.15) is 48.7 Å². The summed E-state index contributed by atoms with van der Waals surface area (Å²) in [4.78, 5) is 26.4. The summed E-state index contributed by atoms with van der Waals surface area (Å²) >= 11 is 0. The standard InChI is InChI=1S/C20H26FN3O2/c1-13-17-12-15(21)7-8-18(17)23(3)19(13)20(26)24-11-5-4-6-16(24)9-10-22-14(2)25/h7-8,12,16H,4-6,9-11H2,1-3H3,(H,22,25)/t16-/m1/s1. The summed E-state index contributed by atoms with van der Waals surface area (Å²) in [6.07, 6.45) is 3.78. The van der Waals surface area contributed by atoms with E-state index in [9.17, 15) is 14.0 Å². The van der Waals surface area contributed by atoms with Crippen LogP contribution in [0.2, 0.25) is 0 Å². The molecule has 1 aliphatic heterocycles. The predicted molar refractivity (Wildman–Crippen MR) is 99.6 cm³/mol. The van der Waals surface area contributed by atoms with Gasteiger partial charge in [-0.25, -0.2) is 4.39 Å². The van der Waals surface area contributed by atoms with E-state index in [1.165, 1.54) is 19.1 Å². The van der Waals surface area contributed by atoms with Crippen LogP contribution in [0, 0.1) is 12.7 Å². The lowest BCUT2D eigenvalue weighted by Crippen LogP contribution is -2.45. The summed E-state index contributed by atoms with van der Waals surface area (Å²) in [5.74, 6) is -0.351. The van der Waals surface area contributed by atoms with Crippen LogP contribution >= 0.6 is 0 Å². The van der Waals surface area contributed by atoms with E-state index in [2.05, 4.69) is 5.32 Å². The molecule has 1 N–H and O–H groups in total. The van der Waals surface area contributed by atoms with Crippen molar-refractivity contribution in [3.05, 3.63) is 35.3 Å². The average molecular weight is 359 g/mol. The number of likely N-dealkylation sites (tertiary alicyclic amines) is 1. The highest BCUT2D eigenvalue weighted by molar-refractivity contribution is 6.01. The first-order valence-electron chi connectivity index (χ1n) is 9.20. The number of amides is 2. The molecular weight excluding hydrogens is 333 g/mol. The van der Waals surface area contributed by atoms with E-state index in [0.717, 1.165) is 48.7 Å². The summed E-state index contributed by atoms with van der Waals surface area (Å²) in [7, 11) is 1.86. The number of nitrogens with zero attached hydrogens (tertiary/aromatic N) is 2. The first-order chi connectivity index (χ1) is 12.4. The number of hydrogen-bond donors (Lipinski definition) is 1. The molecule has 1 aliphatic rings. The molecule has 2 aromatic rings. The zero-order valence-electron chi connectivity index (χ0n) is 15.6. The van der Waals surface area contributed by atoms with Crippen LogP contribution in [-0.4, -0.2) is 40.4 Å². The number of aryl methyl sites for hydroxylation is 2. The fourth-order valence-electron chi connectivity index (χ4n) is 4.02. The minimum atomic E-state index is -0.295. The molecule has 3 rings (SSSR count). The van der Waals surface area contributed by atoms with Crippen LogP contribution in [0.15, 0.2) is 18.2 Å². The van der Waals surface area contributed by atoms with Gasteiger partial charge in [-0.15, -0.1) is 0 Å². The van der Waals surface area contributed by atoms with Crippen molar-refractivity contribution in [1.82, 2.24) is 14.8 Å². The lowest BCUT2D eigenvalue weighted by molar-refractivity contribution is -0.119. The lowest BCUT2D eigenvalue weighted by atomic mass is 9.98. The van der Waals surface area contributed by atoms with Gasteiger partial charge in [0.25, 0.3) is 5.91 Å². The highest BCUT2D eigenvalue weighted by atomic mass is 19.1. The molecule has 0 radical (unpaired) electrons. The van der Waals surface area contributed by atoms with Crippen molar-refractivity contribution < 1.29 is 14.0 Å². The molecule has 2 heterocycles. The summed E-state index contributed by atoms with van der Waals surface area (Å²) in [6, 6.07) is 4.76. The lowest BCUT2D eigenvalue weighted by Gasteiger charge is -2.36. The zero-order chi connectivity index (χ0) is 18.8. The number of carbonyl (C=O) groups is 2. The predicted octanol–water partition coefficient (Wildman–Crippen LogP) is 3.15. The van der Waals surface area contributed by atoms with Crippen molar-refractivity contribution in [2.24, 2.45) is 7.05 Å². The second kappa shape index (κ2) is 7.48. The Kier molecular flexibility index (Phi) is 5.30. The molecule has 0 saturated carbocycles. The van der Waals surface area contributed by atoms with Crippen LogP contribution in [-0.2, 0) is 11.8 Å². The van der Waals surface area contributed by atoms with Crippen molar-refractivity contribution in [3.63, 3.8) is 0 Å². The average Bonchev–Trinajstić information content (AvgIpc) is 2.85. The maximum Gasteiger partial charge on any atom is 0.271 e. The van der Waals surface area contributed by atoms with Gasteiger partial charge in [0, 0.05) is 44.0 Å². The zero-order valence-corrected chi connectivity index (χ0v) is 15.6. The molecule has 26 heavy (non-hydrogen) atoms. The van der Waals surface area contributed by atoms with Crippen molar-refractivity contribution >= 4 is 22.7 Å². The normalized spacial score (nSPS) is 17.5. The van der Waals surface area contributed by atoms with Crippen molar-refractivity contribution in [2.45, 2.75) is 45.6 Å². The largest absolute Gasteiger partial charge is 0.356 e. The Bertz CT molecular complexity index is 843. The topological polar surface area (TPSA) is 54.3 Å². The molecular formula is C20H26FN3O2. The van der Waals surface area contributed by atoms with Gasteiger partial charge in [0.2, 0.25) is 5.91 Å². The maximum atomic E-state index is 13.6. The van der Waals surface area contributed by atoms with E-state index in [0.29, 0.717) is 12.2 Å². The second-order valence-electron chi connectivity index (χ2n) is 7.11. The summed E-state index contributed by atoms with van der Waals surface area (Å²) in [5.41, 5.74) is 2.30. The van der Waals surface area contributed by atoms with Gasteiger partial charge >= 0.3 is 0 Å². The number of nitrogens with one attached hydrogen (secondary N) is 1. The Labute approximate surface area is 153 Å². The molecule has 1 saturated heterocycles. The van der Waals surface area contributed by atoms with Crippen molar-refractivity contribution in [2.75, 3.05) is 13.1 Å². The number of halogens is 1. The molecule has 0 aliphatic carbocycles. The first-order valence-corrected chi connectivity index (χ1v) is 9.20. The highest BCUT2D eigenvalue weighted by Gasteiger charge is 2.30. The molecule has 140 valence electrons. The number of piperidine rings is 1. The van der Waals surface area contributed by atoms with Gasteiger partial charge in [0.1, 0.15) is 11.5 Å². The smallest absolute Gasteiger partial charge is 0.271 e. The van der Waals surface area contributed by atoms with Gasteiger partial charge in [-0.1, -0.05) is 0 Å². The van der Waals surface area contributed by atoms with E-state index >= 15 is 0 Å². The Balaban J connectivity index is 1.89. The third-order valence-electron chi connectivity index (χ3n) is 5.36. The summed E-state index contributed by atoms with van der Waals surface area (Å²) < 4.78 is 15.5. The number of hydrogen-bond acceptors (Lipinski definition) is 2. The second-order valence-corrected chi connectivity index (χ2v) is 7.11. The SMILES string of the molecule is CC(=O)NCC[C@H]1CCCCN1C(=O)c1c(C)c2cc(F)ccc2n1C. The monoisotopic (exact) mass is 359 g/mol. The number of carbonyl (C=O) groups excluding carboxylic acids is 2. The van der Waals surface area contributed by atoms with Gasteiger partial charge in [-0.05, 0) is 56.4 Å². The Hall–Kier alpha value is -2.37. The van der Waals surface area contributed by atoms with Gasteiger partial charge < -0.3 is 14.8 Å². The minimum absolute atomic E-state index is 0.00543. The quantitative estimate of drug-likeness (QED) is 0.912. The van der Waals surface area contributed by atoms with Crippen LogP contribution < -0.4 is 5.32 Å². The molecule has 0 unspecified atom stereocenters. The van der Waals surface area contributed by atoms with E-state index in [4.69, 9.17) is 0 Å². The number of rotatable bonds is 4. The fourth-order valence-corrected chi connectivity index (χ4v) is 4.02. The van der Waals surface area contributed by atoms with Crippen LogP contribution in [0.5, 0.6) is 0 Å². The molecule has 2 amide bonds. The molecule has 0 bridgehead atoms. The molecule has 1 atom stereocenters. The number of fused-ring (bicyclic) bond motifs is 1. The van der Waals surface area contributed by atoms with Crippen molar-refractivity contribution in [3.8, 4) is 0 Å². The summed E-state index contributed by atoms with van der Waals surface area (Å²) in [6.45, 7) is 4.68. The van der Waals surface area contributed by atoms with Gasteiger partial charge in [0.15, 0.2) is 0 Å².